The van der Waals surface area contributed by atoms with Crippen molar-refractivity contribution in [3.8, 4) is 0 Å². The topological polar surface area (TPSA) is 25.4 Å². The average Bonchev–Trinajstić information content (AvgIpc) is 2.22. The first-order valence-electron chi connectivity index (χ1n) is 5.29. The second kappa shape index (κ2) is 4.18. The molecule has 1 saturated heterocycles. The van der Waals surface area contributed by atoms with Crippen LogP contribution in [0.15, 0.2) is 6.07 Å². The number of rotatable bonds is 1. The Morgan fingerprint density at radius 2 is 2.00 bits per heavy atom. The van der Waals surface area contributed by atoms with Crippen LogP contribution in [0.4, 0.5) is 19.0 Å². The Labute approximate surface area is 97.2 Å². The van der Waals surface area contributed by atoms with Crippen molar-refractivity contribution in [3.05, 3.63) is 23.6 Å². The number of morpholine rings is 1. The first-order chi connectivity index (χ1) is 7.89. The van der Waals surface area contributed by atoms with Gasteiger partial charge in [-0.15, -0.1) is 0 Å². The molecule has 1 aliphatic rings. The van der Waals surface area contributed by atoms with Gasteiger partial charge in [-0.2, -0.15) is 9.37 Å². The minimum absolute atomic E-state index is 0.166. The predicted octanol–water partition coefficient (Wildman–Crippen LogP) is 2.11. The molecule has 17 heavy (non-hydrogen) atoms. The van der Waals surface area contributed by atoms with Crippen molar-refractivity contribution in [1.82, 2.24) is 4.98 Å². The lowest BCUT2D eigenvalue weighted by molar-refractivity contribution is -0.0281. The molecule has 2 rings (SSSR count). The van der Waals surface area contributed by atoms with Gasteiger partial charge in [-0.25, -0.2) is 8.78 Å². The van der Waals surface area contributed by atoms with Crippen molar-refractivity contribution in [2.45, 2.75) is 19.4 Å². The molecular formula is C11H13F3N2O. The molecule has 0 spiro atoms. The Balaban J connectivity index is 2.31. The number of ether oxygens (including phenoxy) is 1. The van der Waals surface area contributed by atoms with Crippen molar-refractivity contribution in [2.75, 3.05) is 24.6 Å². The number of anilines is 1. The van der Waals surface area contributed by atoms with Crippen LogP contribution in [-0.4, -0.2) is 30.3 Å². The Hall–Kier alpha value is -1.30. The molecule has 94 valence electrons. The summed E-state index contributed by atoms with van der Waals surface area (Å²) in [6.45, 7) is 4.86. The lowest BCUT2D eigenvalue weighted by Gasteiger charge is -2.38. The van der Waals surface area contributed by atoms with Crippen LogP contribution in [-0.2, 0) is 4.74 Å². The number of halogens is 3. The van der Waals surface area contributed by atoms with E-state index in [0.29, 0.717) is 25.8 Å². The third kappa shape index (κ3) is 2.52. The Morgan fingerprint density at radius 3 is 2.65 bits per heavy atom. The highest BCUT2D eigenvalue weighted by Gasteiger charge is 2.30. The third-order valence-electron chi connectivity index (χ3n) is 2.59. The van der Waals surface area contributed by atoms with E-state index in [2.05, 4.69) is 4.98 Å². The van der Waals surface area contributed by atoms with Crippen molar-refractivity contribution in [1.29, 1.82) is 0 Å². The fourth-order valence-electron chi connectivity index (χ4n) is 1.85. The van der Waals surface area contributed by atoms with E-state index in [0.717, 1.165) is 0 Å². The second-order valence-corrected chi connectivity index (χ2v) is 4.60. The van der Waals surface area contributed by atoms with Gasteiger partial charge in [0.2, 0.25) is 0 Å². The largest absolute Gasteiger partial charge is 0.372 e. The summed E-state index contributed by atoms with van der Waals surface area (Å²) in [6.07, 6.45) is 0. The Kier molecular flexibility index (Phi) is 2.99. The molecular weight excluding hydrogens is 233 g/mol. The molecule has 1 fully saturated rings. The van der Waals surface area contributed by atoms with Crippen molar-refractivity contribution in [2.24, 2.45) is 0 Å². The molecule has 2 heterocycles. The summed E-state index contributed by atoms with van der Waals surface area (Å²) in [6, 6.07) is 0.514. The fraction of sp³-hybridized carbons (Fsp3) is 0.545. The Morgan fingerprint density at radius 1 is 1.29 bits per heavy atom. The summed E-state index contributed by atoms with van der Waals surface area (Å²) in [7, 11) is 0. The van der Waals surface area contributed by atoms with Crippen LogP contribution in [0.1, 0.15) is 13.8 Å². The fourth-order valence-corrected chi connectivity index (χ4v) is 1.85. The SMILES string of the molecule is CC1(C)CN(c2nc(F)c(F)cc2F)CCO1. The van der Waals surface area contributed by atoms with Crippen LogP contribution >= 0.6 is 0 Å². The van der Waals surface area contributed by atoms with Gasteiger partial charge in [0.05, 0.1) is 12.2 Å². The van der Waals surface area contributed by atoms with Gasteiger partial charge >= 0.3 is 0 Å². The minimum atomic E-state index is -1.29. The van der Waals surface area contributed by atoms with E-state index in [4.69, 9.17) is 4.74 Å². The van der Waals surface area contributed by atoms with Crippen LogP contribution in [0.25, 0.3) is 0 Å². The summed E-state index contributed by atoms with van der Waals surface area (Å²) in [4.78, 5) is 4.87. The number of hydrogen-bond donors (Lipinski definition) is 0. The summed E-state index contributed by atoms with van der Waals surface area (Å²) in [5.74, 6) is -3.59. The highest BCUT2D eigenvalue weighted by Crippen LogP contribution is 2.24. The van der Waals surface area contributed by atoms with E-state index in [-0.39, 0.29) is 5.82 Å². The van der Waals surface area contributed by atoms with Crippen molar-refractivity contribution in [3.63, 3.8) is 0 Å². The molecule has 0 saturated carbocycles. The summed E-state index contributed by atoms with van der Waals surface area (Å²) in [5.41, 5.74) is -0.461. The smallest absolute Gasteiger partial charge is 0.251 e. The van der Waals surface area contributed by atoms with Gasteiger partial charge in [-0.1, -0.05) is 0 Å². The minimum Gasteiger partial charge on any atom is -0.372 e. The quantitative estimate of drug-likeness (QED) is 0.710. The molecule has 0 unspecified atom stereocenters. The lowest BCUT2D eigenvalue weighted by atomic mass is 10.1. The molecule has 0 atom stereocenters. The van der Waals surface area contributed by atoms with Crippen LogP contribution in [0.3, 0.4) is 0 Å². The average molecular weight is 246 g/mol. The number of nitrogens with zero attached hydrogens (tertiary/aromatic N) is 2. The number of hydrogen-bond acceptors (Lipinski definition) is 3. The zero-order valence-electron chi connectivity index (χ0n) is 9.64. The van der Waals surface area contributed by atoms with Crippen LogP contribution in [0.5, 0.6) is 0 Å². The van der Waals surface area contributed by atoms with Gasteiger partial charge in [0, 0.05) is 19.2 Å². The molecule has 1 aromatic rings. The maximum absolute atomic E-state index is 13.5. The Bertz CT molecular complexity index is 437. The van der Waals surface area contributed by atoms with Gasteiger partial charge in [0.25, 0.3) is 5.95 Å². The number of pyridine rings is 1. The molecule has 0 aliphatic carbocycles. The van der Waals surface area contributed by atoms with E-state index in [1.165, 1.54) is 0 Å². The van der Waals surface area contributed by atoms with Gasteiger partial charge in [0.1, 0.15) is 0 Å². The summed E-state index contributed by atoms with van der Waals surface area (Å²) in [5, 5.41) is 0. The standard InChI is InChI=1S/C11H13F3N2O/c1-11(2)6-16(3-4-17-11)10-8(13)5-7(12)9(14)15-10/h5H,3-4,6H2,1-2H3. The van der Waals surface area contributed by atoms with Gasteiger partial charge in [-0.05, 0) is 13.8 Å². The molecule has 0 bridgehead atoms. The lowest BCUT2D eigenvalue weighted by Crippen LogP contribution is -2.49. The van der Waals surface area contributed by atoms with Crippen LogP contribution < -0.4 is 4.90 Å². The molecule has 0 radical (unpaired) electrons. The monoisotopic (exact) mass is 246 g/mol. The van der Waals surface area contributed by atoms with Crippen molar-refractivity contribution < 1.29 is 17.9 Å². The van der Waals surface area contributed by atoms with E-state index < -0.39 is 23.2 Å². The highest BCUT2D eigenvalue weighted by atomic mass is 19.2. The molecule has 3 nitrogen and oxygen atoms in total. The van der Waals surface area contributed by atoms with Gasteiger partial charge in [-0.3, -0.25) is 0 Å². The zero-order chi connectivity index (χ0) is 12.6. The first kappa shape index (κ1) is 12.2. The molecule has 1 aliphatic heterocycles. The second-order valence-electron chi connectivity index (χ2n) is 4.60. The van der Waals surface area contributed by atoms with Crippen molar-refractivity contribution >= 4 is 5.82 Å². The van der Waals surface area contributed by atoms with E-state index in [9.17, 15) is 13.2 Å². The van der Waals surface area contributed by atoms with E-state index in [1.54, 1.807) is 4.90 Å². The molecule has 0 aromatic carbocycles. The zero-order valence-corrected chi connectivity index (χ0v) is 9.64. The first-order valence-corrected chi connectivity index (χ1v) is 5.29. The maximum Gasteiger partial charge on any atom is 0.251 e. The highest BCUT2D eigenvalue weighted by molar-refractivity contribution is 5.41. The predicted molar refractivity (Wildman–Crippen MR) is 56.4 cm³/mol. The van der Waals surface area contributed by atoms with E-state index >= 15 is 0 Å². The van der Waals surface area contributed by atoms with Gasteiger partial charge < -0.3 is 9.64 Å². The summed E-state index contributed by atoms with van der Waals surface area (Å²) >= 11 is 0. The van der Waals surface area contributed by atoms with Crippen LogP contribution in [0, 0.1) is 17.6 Å². The molecule has 1 aromatic heterocycles. The molecule has 0 amide bonds. The molecule has 6 heteroatoms. The molecule has 0 N–H and O–H groups in total. The maximum atomic E-state index is 13.5. The van der Waals surface area contributed by atoms with Crippen LogP contribution in [0.2, 0.25) is 0 Å². The van der Waals surface area contributed by atoms with E-state index in [1.807, 2.05) is 13.8 Å². The summed E-state index contributed by atoms with van der Waals surface area (Å²) < 4.78 is 44.7. The normalized spacial score (nSPS) is 19.5. The van der Waals surface area contributed by atoms with Gasteiger partial charge in [0.15, 0.2) is 17.5 Å². The third-order valence-corrected chi connectivity index (χ3v) is 2.59. The number of aromatic nitrogens is 1.